The van der Waals surface area contributed by atoms with Gasteiger partial charge in [0.2, 0.25) is 0 Å². The van der Waals surface area contributed by atoms with Gasteiger partial charge < -0.3 is 15.2 Å². The van der Waals surface area contributed by atoms with Crippen molar-refractivity contribution in [3.63, 3.8) is 0 Å². The van der Waals surface area contributed by atoms with E-state index in [9.17, 15) is 0 Å². The quantitative estimate of drug-likeness (QED) is 0.859. The van der Waals surface area contributed by atoms with Crippen molar-refractivity contribution in [2.45, 2.75) is 51.1 Å². The lowest BCUT2D eigenvalue weighted by molar-refractivity contribution is 0.210. The maximum absolute atomic E-state index is 6.10. The largest absolute Gasteiger partial charge is 0.330 e. The third kappa shape index (κ3) is 2.19. The molecule has 0 bridgehead atoms. The predicted molar refractivity (Wildman–Crippen MR) is 72.6 cm³/mol. The van der Waals surface area contributed by atoms with Gasteiger partial charge in [0.15, 0.2) is 0 Å². The summed E-state index contributed by atoms with van der Waals surface area (Å²) in [6.07, 6.45) is 6.86. The molecule has 3 heterocycles. The second-order valence-electron chi connectivity index (χ2n) is 5.75. The van der Waals surface area contributed by atoms with E-state index in [1.807, 2.05) is 0 Å². The van der Waals surface area contributed by atoms with Crippen molar-refractivity contribution in [2.24, 2.45) is 5.73 Å². The minimum atomic E-state index is 0.316. The highest BCUT2D eigenvalue weighted by Gasteiger charge is 2.27. The molecule has 1 fully saturated rings. The molecule has 0 saturated carbocycles. The molecular formula is C14H24N4. The predicted octanol–water partition coefficient (Wildman–Crippen LogP) is 1.36. The van der Waals surface area contributed by atoms with Crippen molar-refractivity contribution >= 4 is 0 Å². The van der Waals surface area contributed by atoms with Crippen LogP contribution in [0, 0.1) is 0 Å². The number of imidazole rings is 1. The molecule has 2 aliphatic rings. The third-order valence-corrected chi connectivity index (χ3v) is 4.48. The van der Waals surface area contributed by atoms with Crippen molar-refractivity contribution in [3.8, 4) is 0 Å². The molecule has 0 amide bonds. The van der Waals surface area contributed by atoms with Crippen molar-refractivity contribution in [1.29, 1.82) is 0 Å². The zero-order valence-electron chi connectivity index (χ0n) is 11.3. The number of piperidine rings is 1. The number of nitrogens with zero attached hydrogens (tertiary/aromatic N) is 3. The van der Waals surface area contributed by atoms with Gasteiger partial charge in [-0.15, -0.1) is 0 Å². The zero-order chi connectivity index (χ0) is 12.5. The Morgan fingerprint density at radius 2 is 2.28 bits per heavy atom. The molecule has 1 saturated heterocycles. The first kappa shape index (κ1) is 12.2. The van der Waals surface area contributed by atoms with Crippen LogP contribution in [0.15, 0.2) is 6.20 Å². The maximum Gasteiger partial charge on any atom is 0.113 e. The summed E-state index contributed by atoms with van der Waals surface area (Å²) in [5, 5.41) is 0. The number of hydrogen-bond acceptors (Lipinski definition) is 3. The Labute approximate surface area is 109 Å². The summed E-state index contributed by atoms with van der Waals surface area (Å²) in [4.78, 5) is 7.25. The molecule has 4 heteroatoms. The molecule has 18 heavy (non-hydrogen) atoms. The van der Waals surface area contributed by atoms with E-state index in [2.05, 4.69) is 22.6 Å². The van der Waals surface area contributed by atoms with Crippen LogP contribution in [0.5, 0.6) is 0 Å². The van der Waals surface area contributed by atoms with Gasteiger partial charge >= 0.3 is 0 Å². The van der Waals surface area contributed by atoms with Crippen molar-refractivity contribution in [2.75, 3.05) is 19.6 Å². The van der Waals surface area contributed by atoms with E-state index < -0.39 is 0 Å². The average molecular weight is 248 g/mol. The van der Waals surface area contributed by atoms with Crippen molar-refractivity contribution in [3.05, 3.63) is 17.7 Å². The van der Waals surface area contributed by atoms with Crippen LogP contribution in [0.2, 0.25) is 0 Å². The smallest absolute Gasteiger partial charge is 0.113 e. The summed E-state index contributed by atoms with van der Waals surface area (Å²) in [5.74, 6) is 1.90. The van der Waals surface area contributed by atoms with Gasteiger partial charge in [0.25, 0.3) is 0 Å². The van der Waals surface area contributed by atoms with Crippen LogP contribution in [0.1, 0.15) is 43.6 Å². The Morgan fingerprint density at radius 1 is 1.39 bits per heavy atom. The van der Waals surface area contributed by atoms with Gasteiger partial charge in [-0.25, -0.2) is 4.98 Å². The van der Waals surface area contributed by atoms with E-state index in [-0.39, 0.29) is 0 Å². The highest BCUT2D eigenvalue weighted by Crippen LogP contribution is 2.28. The number of rotatable bonds is 2. The lowest BCUT2D eigenvalue weighted by Gasteiger charge is -2.33. The highest BCUT2D eigenvalue weighted by atomic mass is 15.2. The Kier molecular flexibility index (Phi) is 3.39. The minimum Gasteiger partial charge on any atom is -0.330 e. The zero-order valence-corrected chi connectivity index (χ0v) is 11.3. The molecule has 0 aromatic carbocycles. The maximum atomic E-state index is 6.10. The summed E-state index contributed by atoms with van der Waals surface area (Å²) in [6, 6.07) is 0.316. The molecule has 2 N–H and O–H groups in total. The molecule has 0 spiro atoms. The van der Waals surface area contributed by atoms with Gasteiger partial charge in [0, 0.05) is 36.9 Å². The molecule has 2 aliphatic heterocycles. The lowest BCUT2D eigenvalue weighted by Crippen LogP contribution is -2.37. The first-order chi connectivity index (χ1) is 8.78. The third-order valence-electron chi connectivity index (χ3n) is 4.48. The Balaban J connectivity index is 1.82. The van der Waals surface area contributed by atoms with E-state index >= 15 is 0 Å². The summed E-state index contributed by atoms with van der Waals surface area (Å²) >= 11 is 0. The number of aromatic nitrogens is 2. The first-order valence-electron chi connectivity index (χ1n) is 7.30. The number of likely N-dealkylation sites (N-methyl/N-ethyl adjacent to an activating group) is 1. The van der Waals surface area contributed by atoms with Crippen LogP contribution in [0.3, 0.4) is 0 Å². The monoisotopic (exact) mass is 248 g/mol. The summed E-state index contributed by atoms with van der Waals surface area (Å²) in [5.41, 5.74) is 7.49. The van der Waals surface area contributed by atoms with Crippen LogP contribution < -0.4 is 5.73 Å². The SMILES string of the molecule is CCN1CCCC(c2ncc3n2CC(N)CC3)C1. The molecule has 0 aliphatic carbocycles. The fraction of sp³-hybridized carbons (Fsp3) is 0.786. The molecule has 4 nitrogen and oxygen atoms in total. The summed E-state index contributed by atoms with van der Waals surface area (Å²) in [6.45, 7) is 6.79. The van der Waals surface area contributed by atoms with Gasteiger partial charge in [-0.05, 0) is 38.8 Å². The van der Waals surface area contributed by atoms with Crippen LogP contribution in [0.4, 0.5) is 0 Å². The molecule has 2 unspecified atom stereocenters. The van der Waals surface area contributed by atoms with Crippen LogP contribution in [0.25, 0.3) is 0 Å². The molecular weight excluding hydrogens is 224 g/mol. The Morgan fingerprint density at radius 3 is 3.11 bits per heavy atom. The second kappa shape index (κ2) is 5.02. The van der Waals surface area contributed by atoms with E-state index in [1.54, 1.807) is 0 Å². The minimum absolute atomic E-state index is 0.316. The van der Waals surface area contributed by atoms with Gasteiger partial charge in [-0.2, -0.15) is 0 Å². The first-order valence-corrected chi connectivity index (χ1v) is 7.30. The fourth-order valence-electron chi connectivity index (χ4n) is 3.38. The molecule has 1 aromatic rings. The number of aryl methyl sites for hydroxylation is 1. The Bertz CT molecular complexity index is 412. The van der Waals surface area contributed by atoms with E-state index in [4.69, 9.17) is 10.7 Å². The van der Waals surface area contributed by atoms with Gasteiger partial charge in [0.1, 0.15) is 5.82 Å². The van der Waals surface area contributed by atoms with Gasteiger partial charge in [0.05, 0.1) is 0 Å². The second-order valence-corrected chi connectivity index (χ2v) is 5.75. The van der Waals surface area contributed by atoms with E-state index in [0.717, 1.165) is 25.9 Å². The molecule has 100 valence electrons. The number of fused-ring (bicyclic) bond motifs is 1. The van der Waals surface area contributed by atoms with Crippen LogP contribution >= 0.6 is 0 Å². The number of nitrogens with two attached hydrogens (primary N) is 1. The van der Waals surface area contributed by atoms with Crippen molar-refractivity contribution < 1.29 is 0 Å². The molecule has 2 atom stereocenters. The van der Waals surface area contributed by atoms with Crippen LogP contribution in [-0.2, 0) is 13.0 Å². The summed E-state index contributed by atoms with van der Waals surface area (Å²) < 4.78 is 2.40. The van der Waals surface area contributed by atoms with Crippen molar-refractivity contribution in [1.82, 2.24) is 14.5 Å². The summed E-state index contributed by atoms with van der Waals surface area (Å²) in [7, 11) is 0. The van der Waals surface area contributed by atoms with Gasteiger partial charge in [-0.3, -0.25) is 0 Å². The Hall–Kier alpha value is -0.870. The fourth-order valence-corrected chi connectivity index (χ4v) is 3.38. The van der Waals surface area contributed by atoms with Gasteiger partial charge in [-0.1, -0.05) is 6.92 Å². The molecule has 1 aromatic heterocycles. The average Bonchev–Trinajstić information content (AvgIpc) is 2.81. The topological polar surface area (TPSA) is 47.1 Å². The molecule has 0 radical (unpaired) electrons. The number of hydrogen-bond donors (Lipinski definition) is 1. The standard InChI is InChI=1S/C14H24N4/c1-2-17-7-3-4-11(9-17)14-16-8-13-6-5-12(15)10-18(13)14/h8,11-12H,2-7,9-10,15H2,1H3. The van der Waals surface area contributed by atoms with E-state index in [1.165, 1.54) is 37.4 Å². The molecule has 3 rings (SSSR count). The van der Waals surface area contributed by atoms with Crippen LogP contribution in [-0.4, -0.2) is 40.1 Å². The number of likely N-dealkylation sites (tertiary alicyclic amines) is 1. The lowest BCUT2D eigenvalue weighted by atomic mass is 9.96. The highest BCUT2D eigenvalue weighted by molar-refractivity contribution is 5.13. The van der Waals surface area contributed by atoms with E-state index in [0.29, 0.717) is 12.0 Å². The normalized spacial score (nSPS) is 29.2.